The summed E-state index contributed by atoms with van der Waals surface area (Å²) in [6, 6.07) is 6.29. The minimum absolute atomic E-state index is 0.0456. The van der Waals surface area contributed by atoms with Gasteiger partial charge in [-0.25, -0.2) is 0 Å². The molecule has 6 rings (SSSR count). The summed E-state index contributed by atoms with van der Waals surface area (Å²) < 4.78 is 2.02. The SMILES string of the molecule is Cc1cc(-c2cccs2)nn1CCNC(=O)C12CC3CC(CC(C3)C1)C2. The van der Waals surface area contributed by atoms with Crippen molar-refractivity contribution in [3.05, 3.63) is 29.3 Å². The molecule has 0 atom stereocenters. The van der Waals surface area contributed by atoms with Gasteiger partial charge < -0.3 is 5.32 Å². The number of aromatic nitrogens is 2. The number of carbonyl (C=O) groups excluding carboxylic acids is 1. The van der Waals surface area contributed by atoms with Crippen molar-refractivity contribution in [2.75, 3.05) is 6.54 Å². The molecule has 4 nitrogen and oxygen atoms in total. The highest BCUT2D eigenvalue weighted by atomic mass is 32.1. The fraction of sp³-hybridized carbons (Fsp3) is 0.619. The van der Waals surface area contributed by atoms with Crippen LogP contribution in [0.5, 0.6) is 0 Å². The van der Waals surface area contributed by atoms with E-state index in [0.29, 0.717) is 12.5 Å². The molecule has 4 fully saturated rings. The van der Waals surface area contributed by atoms with Crippen LogP contribution in [-0.4, -0.2) is 22.2 Å². The molecule has 0 aliphatic heterocycles. The lowest BCUT2D eigenvalue weighted by Crippen LogP contribution is -2.53. The van der Waals surface area contributed by atoms with E-state index >= 15 is 0 Å². The second kappa shape index (κ2) is 6.22. The first-order valence-electron chi connectivity index (χ1n) is 9.98. The molecule has 2 heterocycles. The first-order chi connectivity index (χ1) is 12.6. The predicted molar refractivity (Wildman–Crippen MR) is 104 cm³/mol. The number of nitrogens with zero attached hydrogens (tertiary/aromatic N) is 2. The molecule has 0 aromatic carbocycles. The highest BCUT2D eigenvalue weighted by molar-refractivity contribution is 7.13. The molecule has 4 aliphatic carbocycles. The summed E-state index contributed by atoms with van der Waals surface area (Å²) in [5.74, 6) is 2.76. The average Bonchev–Trinajstić information content (AvgIpc) is 3.24. The van der Waals surface area contributed by atoms with Crippen molar-refractivity contribution < 1.29 is 4.79 Å². The summed E-state index contributed by atoms with van der Waals surface area (Å²) >= 11 is 1.71. The Kier molecular flexibility index (Phi) is 3.96. The minimum Gasteiger partial charge on any atom is -0.354 e. The number of aryl methyl sites for hydroxylation is 1. The first kappa shape index (κ1) is 16.5. The van der Waals surface area contributed by atoms with E-state index in [2.05, 4.69) is 35.8 Å². The van der Waals surface area contributed by atoms with Crippen molar-refractivity contribution in [1.29, 1.82) is 0 Å². The van der Waals surface area contributed by atoms with Crippen LogP contribution in [0.15, 0.2) is 23.6 Å². The zero-order valence-corrected chi connectivity index (χ0v) is 16.2. The normalized spacial score (nSPS) is 32.1. The molecular weight excluding hydrogens is 342 g/mol. The van der Waals surface area contributed by atoms with Crippen molar-refractivity contribution >= 4 is 17.2 Å². The van der Waals surface area contributed by atoms with Gasteiger partial charge in [0.05, 0.1) is 11.4 Å². The number of carbonyl (C=O) groups is 1. The number of rotatable bonds is 5. The molecule has 0 unspecified atom stereocenters. The third-order valence-electron chi connectivity index (χ3n) is 6.88. The number of thiophene rings is 1. The number of amides is 1. The quantitative estimate of drug-likeness (QED) is 0.856. The lowest BCUT2D eigenvalue weighted by molar-refractivity contribution is -0.146. The topological polar surface area (TPSA) is 46.9 Å². The maximum Gasteiger partial charge on any atom is 0.226 e. The Morgan fingerprint density at radius 1 is 1.27 bits per heavy atom. The average molecular weight is 370 g/mol. The largest absolute Gasteiger partial charge is 0.354 e. The van der Waals surface area contributed by atoms with Gasteiger partial charge in [0.1, 0.15) is 5.69 Å². The molecule has 0 spiro atoms. The van der Waals surface area contributed by atoms with Crippen LogP contribution in [0.4, 0.5) is 0 Å². The number of hydrogen-bond acceptors (Lipinski definition) is 3. The Hall–Kier alpha value is -1.62. The first-order valence-corrected chi connectivity index (χ1v) is 10.9. The van der Waals surface area contributed by atoms with Crippen LogP contribution in [0.3, 0.4) is 0 Å². The molecule has 4 aliphatic rings. The van der Waals surface area contributed by atoms with E-state index in [4.69, 9.17) is 5.10 Å². The highest BCUT2D eigenvalue weighted by Crippen LogP contribution is 2.60. The Labute approximate surface area is 159 Å². The molecule has 5 heteroatoms. The summed E-state index contributed by atoms with van der Waals surface area (Å²) in [5.41, 5.74) is 2.14. The van der Waals surface area contributed by atoms with Crippen LogP contribution in [0.2, 0.25) is 0 Å². The van der Waals surface area contributed by atoms with Crippen LogP contribution >= 0.6 is 11.3 Å². The highest BCUT2D eigenvalue weighted by Gasteiger charge is 2.54. The van der Waals surface area contributed by atoms with Gasteiger partial charge in [-0.3, -0.25) is 9.48 Å². The Morgan fingerprint density at radius 2 is 1.96 bits per heavy atom. The molecule has 1 amide bonds. The van der Waals surface area contributed by atoms with Crippen molar-refractivity contribution in [2.24, 2.45) is 23.2 Å². The van der Waals surface area contributed by atoms with Gasteiger partial charge in [-0.15, -0.1) is 11.3 Å². The maximum absolute atomic E-state index is 13.0. The van der Waals surface area contributed by atoms with E-state index in [0.717, 1.165) is 54.9 Å². The molecule has 26 heavy (non-hydrogen) atoms. The zero-order valence-electron chi connectivity index (χ0n) is 15.4. The van der Waals surface area contributed by atoms with Gasteiger partial charge in [0.15, 0.2) is 0 Å². The van der Waals surface area contributed by atoms with Crippen LogP contribution < -0.4 is 5.32 Å². The Balaban J connectivity index is 1.22. The van der Waals surface area contributed by atoms with Crippen molar-refractivity contribution in [3.8, 4) is 10.6 Å². The summed E-state index contributed by atoms with van der Waals surface area (Å²) in [7, 11) is 0. The fourth-order valence-electron chi connectivity index (χ4n) is 6.13. The summed E-state index contributed by atoms with van der Waals surface area (Å²) in [4.78, 5) is 14.2. The molecule has 1 N–H and O–H groups in total. The lowest BCUT2D eigenvalue weighted by Gasteiger charge is -2.55. The van der Waals surface area contributed by atoms with Gasteiger partial charge in [-0.1, -0.05) is 6.07 Å². The smallest absolute Gasteiger partial charge is 0.226 e. The number of hydrogen-bond donors (Lipinski definition) is 1. The molecule has 0 radical (unpaired) electrons. The summed E-state index contributed by atoms with van der Waals surface area (Å²) in [5, 5.41) is 10.1. The van der Waals surface area contributed by atoms with Crippen molar-refractivity contribution in [1.82, 2.24) is 15.1 Å². The third kappa shape index (κ3) is 2.81. The lowest BCUT2D eigenvalue weighted by atomic mass is 9.49. The van der Waals surface area contributed by atoms with E-state index < -0.39 is 0 Å². The van der Waals surface area contributed by atoms with Gasteiger partial charge in [0.25, 0.3) is 0 Å². The van der Waals surface area contributed by atoms with E-state index in [1.54, 1.807) is 11.3 Å². The standard InChI is InChI=1S/C21H27N3OS/c1-14-7-18(19-3-2-6-26-19)23-24(14)5-4-22-20(25)21-11-15-8-16(12-21)10-17(9-15)13-21/h2-3,6-7,15-17H,4-5,8-13H2,1H3,(H,22,25). The van der Waals surface area contributed by atoms with Crippen molar-refractivity contribution in [3.63, 3.8) is 0 Å². The van der Waals surface area contributed by atoms with Gasteiger partial charge in [0, 0.05) is 17.7 Å². The molecule has 2 aromatic rings. The van der Waals surface area contributed by atoms with E-state index in [1.165, 1.54) is 24.1 Å². The molecular formula is C21H27N3OS. The molecule has 4 bridgehead atoms. The molecule has 0 saturated heterocycles. The molecule has 2 aromatic heterocycles. The Bertz CT molecular complexity index is 772. The van der Waals surface area contributed by atoms with Gasteiger partial charge >= 0.3 is 0 Å². The maximum atomic E-state index is 13.0. The van der Waals surface area contributed by atoms with E-state index in [-0.39, 0.29) is 5.41 Å². The zero-order chi connectivity index (χ0) is 17.7. The molecule has 4 saturated carbocycles. The van der Waals surface area contributed by atoms with Crippen LogP contribution in [0, 0.1) is 30.1 Å². The molecule has 138 valence electrons. The Morgan fingerprint density at radius 3 is 2.58 bits per heavy atom. The second-order valence-electron chi connectivity index (χ2n) is 8.83. The van der Waals surface area contributed by atoms with E-state index in [9.17, 15) is 4.79 Å². The van der Waals surface area contributed by atoms with Gasteiger partial charge in [-0.2, -0.15) is 5.10 Å². The minimum atomic E-state index is -0.0456. The van der Waals surface area contributed by atoms with Crippen molar-refractivity contribution in [2.45, 2.75) is 52.0 Å². The fourth-order valence-corrected chi connectivity index (χ4v) is 6.81. The second-order valence-corrected chi connectivity index (χ2v) is 9.77. The summed E-state index contributed by atoms with van der Waals surface area (Å²) in [6.45, 7) is 3.51. The van der Waals surface area contributed by atoms with E-state index in [1.807, 2.05) is 4.68 Å². The predicted octanol–water partition coefficient (Wildman–Crippen LogP) is 4.25. The van der Waals surface area contributed by atoms with Gasteiger partial charge in [-0.05, 0) is 80.7 Å². The van der Waals surface area contributed by atoms with Crippen LogP contribution in [0.25, 0.3) is 10.6 Å². The van der Waals surface area contributed by atoms with Crippen LogP contribution in [0.1, 0.15) is 44.2 Å². The van der Waals surface area contributed by atoms with Gasteiger partial charge in [0.2, 0.25) is 5.91 Å². The third-order valence-corrected chi connectivity index (χ3v) is 7.78. The number of nitrogens with one attached hydrogen (secondary N) is 1. The monoisotopic (exact) mass is 369 g/mol. The van der Waals surface area contributed by atoms with Crippen LogP contribution in [-0.2, 0) is 11.3 Å². The summed E-state index contributed by atoms with van der Waals surface area (Å²) in [6.07, 6.45) is 7.54.